The smallest absolute Gasteiger partial charge is 0.311 e. The lowest BCUT2D eigenvalue weighted by Crippen LogP contribution is -2.46. The van der Waals surface area contributed by atoms with Crippen molar-refractivity contribution in [3.63, 3.8) is 0 Å². The molecule has 1 aromatic rings. The molecule has 0 aromatic carbocycles. The number of carboxylic acids is 1. The lowest BCUT2D eigenvalue weighted by atomic mass is 9.82. The van der Waals surface area contributed by atoms with Gasteiger partial charge in [0.05, 0.1) is 17.4 Å². The van der Waals surface area contributed by atoms with Gasteiger partial charge in [-0.25, -0.2) is 0 Å². The molecule has 2 rings (SSSR count). The molecule has 21 heavy (non-hydrogen) atoms. The van der Waals surface area contributed by atoms with Crippen LogP contribution in [0.2, 0.25) is 0 Å². The van der Waals surface area contributed by atoms with E-state index in [1.54, 1.807) is 11.8 Å². The van der Waals surface area contributed by atoms with Crippen LogP contribution in [0, 0.1) is 15.5 Å². The van der Waals surface area contributed by atoms with E-state index in [1.165, 1.54) is 19.2 Å². The summed E-state index contributed by atoms with van der Waals surface area (Å²) in [4.78, 5) is 27.8. The Morgan fingerprint density at radius 1 is 1.57 bits per heavy atom. The van der Waals surface area contributed by atoms with Crippen LogP contribution in [0.1, 0.15) is 19.8 Å². The second-order valence-corrected chi connectivity index (χ2v) is 5.34. The zero-order valence-corrected chi connectivity index (χ0v) is 11.9. The van der Waals surface area contributed by atoms with E-state index in [9.17, 15) is 20.0 Å². The first-order valence-electron chi connectivity index (χ1n) is 6.55. The van der Waals surface area contributed by atoms with Gasteiger partial charge >= 0.3 is 11.7 Å². The third-order valence-electron chi connectivity index (χ3n) is 3.75. The van der Waals surface area contributed by atoms with Crippen LogP contribution in [-0.4, -0.2) is 41.2 Å². The molecule has 1 saturated heterocycles. The van der Waals surface area contributed by atoms with Crippen molar-refractivity contribution in [3.8, 4) is 5.88 Å². The molecule has 1 atom stereocenters. The Hall–Kier alpha value is -2.38. The number of anilines is 1. The fourth-order valence-corrected chi connectivity index (χ4v) is 2.51. The highest BCUT2D eigenvalue weighted by molar-refractivity contribution is 5.76. The molecule has 8 heteroatoms. The highest BCUT2D eigenvalue weighted by Crippen LogP contribution is 2.36. The van der Waals surface area contributed by atoms with E-state index in [0.717, 1.165) is 0 Å². The number of piperidine rings is 1. The molecular weight excluding hydrogens is 278 g/mol. The first-order valence-corrected chi connectivity index (χ1v) is 6.55. The molecule has 0 saturated carbocycles. The summed E-state index contributed by atoms with van der Waals surface area (Å²) in [5.74, 6) is -0.484. The second kappa shape index (κ2) is 5.55. The van der Waals surface area contributed by atoms with E-state index in [2.05, 4.69) is 4.98 Å². The molecule has 114 valence electrons. The number of methoxy groups -OCH3 is 1. The molecular formula is C13H17N3O5. The van der Waals surface area contributed by atoms with Crippen LogP contribution in [0.3, 0.4) is 0 Å². The van der Waals surface area contributed by atoms with Crippen molar-refractivity contribution >= 4 is 17.5 Å². The summed E-state index contributed by atoms with van der Waals surface area (Å²) in [5, 5.41) is 20.5. The van der Waals surface area contributed by atoms with Gasteiger partial charge < -0.3 is 14.7 Å². The number of hydrogen-bond donors (Lipinski definition) is 1. The molecule has 0 aliphatic carbocycles. The third-order valence-corrected chi connectivity index (χ3v) is 3.75. The average molecular weight is 295 g/mol. The molecule has 1 aliphatic heterocycles. The minimum Gasteiger partial charge on any atom is -0.481 e. The minimum absolute atomic E-state index is 0.148. The molecule has 1 fully saturated rings. The molecule has 2 heterocycles. The number of carbonyl (C=O) groups is 1. The molecule has 0 radical (unpaired) electrons. The number of ether oxygens (including phenoxy) is 1. The van der Waals surface area contributed by atoms with Crippen molar-refractivity contribution < 1.29 is 19.6 Å². The molecule has 0 bridgehead atoms. The maximum absolute atomic E-state index is 11.4. The molecule has 1 N–H and O–H groups in total. The number of aromatic nitrogens is 1. The predicted octanol–water partition coefficient (Wildman–Crippen LogP) is 1.69. The lowest BCUT2D eigenvalue weighted by molar-refractivity contribution is -0.384. The van der Waals surface area contributed by atoms with Gasteiger partial charge in [-0.3, -0.25) is 14.9 Å². The summed E-state index contributed by atoms with van der Waals surface area (Å²) in [7, 11) is 1.43. The summed E-state index contributed by atoms with van der Waals surface area (Å²) < 4.78 is 5.00. The third kappa shape index (κ3) is 2.88. The monoisotopic (exact) mass is 295 g/mol. The molecule has 1 aromatic heterocycles. The van der Waals surface area contributed by atoms with E-state index >= 15 is 0 Å². The molecule has 1 aliphatic rings. The predicted molar refractivity (Wildman–Crippen MR) is 74.6 cm³/mol. The Balaban J connectivity index is 2.40. The number of rotatable bonds is 4. The molecule has 8 nitrogen and oxygen atoms in total. The zero-order chi connectivity index (χ0) is 15.6. The molecule has 0 spiro atoms. The van der Waals surface area contributed by atoms with Crippen LogP contribution in [0.4, 0.5) is 11.5 Å². The quantitative estimate of drug-likeness (QED) is 0.665. The average Bonchev–Trinajstić information content (AvgIpc) is 2.46. The Labute approximate surface area is 121 Å². The summed E-state index contributed by atoms with van der Waals surface area (Å²) in [6.07, 6.45) is 1.18. The van der Waals surface area contributed by atoms with Gasteiger partial charge in [0.1, 0.15) is 0 Å². The lowest BCUT2D eigenvalue weighted by Gasteiger charge is -2.37. The Morgan fingerprint density at radius 3 is 2.86 bits per heavy atom. The van der Waals surface area contributed by atoms with Crippen LogP contribution in [0.25, 0.3) is 0 Å². The molecule has 0 amide bonds. The minimum atomic E-state index is -0.934. The van der Waals surface area contributed by atoms with Gasteiger partial charge in [0.2, 0.25) is 11.7 Å². The van der Waals surface area contributed by atoms with Gasteiger partial charge in [0.15, 0.2) is 0 Å². The highest BCUT2D eigenvalue weighted by atomic mass is 16.6. The Morgan fingerprint density at radius 2 is 2.29 bits per heavy atom. The van der Waals surface area contributed by atoms with Crippen molar-refractivity contribution in [2.24, 2.45) is 5.41 Å². The van der Waals surface area contributed by atoms with E-state index in [4.69, 9.17) is 4.74 Å². The first-order chi connectivity index (χ1) is 9.87. The first kappa shape index (κ1) is 15.0. The van der Waals surface area contributed by atoms with Crippen molar-refractivity contribution in [2.45, 2.75) is 19.8 Å². The number of hydrogen-bond acceptors (Lipinski definition) is 6. The number of aliphatic carboxylic acids is 1. The van der Waals surface area contributed by atoms with E-state index in [1.807, 2.05) is 0 Å². The Kier molecular flexibility index (Phi) is 3.97. The topological polar surface area (TPSA) is 106 Å². The van der Waals surface area contributed by atoms with Gasteiger partial charge in [-0.15, -0.1) is 0 Å². The van der Waals surface area contributed by atoms with Crippen LogP contribution in [0.5, 0.6) is 5.88 Å². The van der Waals surface area contributed by atoms with Crippen LogP contribution in [0.15, 0.2) is 12.1 Å². The van der Waals surface area contributed by atoms with Gasteiger partial charge in [-0.2, -0.15) is 4.98 Å². The Bertz CT molecular complexity index is 577. The standard InChI is InChI=1S/C13H17N3O5/c1-13(12(17)18)6-3-7-15(8-13)11-9(16(19)20)4-5-10(14-11)21-2/h4-5H,3,6-8H2,1-2H3,(H,17,18). The van der Waals surface area contributed by atoms with E-state index in [0.29, 0.717) is 19.4 Å². The summed E-state index contributed by atoms with van der Waals surface area (Å²) in [6, 6.07) is 2.75. The zero-order valence-electron chi connectivity index (χ0n) is 11.9. The van der Waals surface area contributed by atoms with Crippen molar-refractivity contribution in [2.75, 3.05) is 25.1 Å². The van der Waals surface area contributed by atoms with Crippen molar-refractivity contribution in [3.05, 3.63) is 22.2 Å². The van der Waals surface area contributed by atoms with E-state index in [-0.39, 0.29) is 23.9 Å². The largest absolute Gasteiger partial charge is 0.481 e. The van der Waals surface area contributed by atoms with Crippen molar-refractivity contribution in [1.82, 2.24) is 4.98 Å². The van der Waals surface area contributed by atoms with E-state index < -0.39 is 16.3 Å². The maximum Gasteiger partial charge on any atom is 0.311 e. The molecule has 1 unspecified atom stereocenters. The number of nitrogens with zero attached hydrogens (tertiary/aromatic N) is 3. The summed E-state index contributed by atoms with van der Waals surface area (Å²) >= 11 is 0. The van der Waals surface area contributed by atoms with Gasteiger partial charge in [0.25, 0.3) is 0 Å². The number of pyridine rings is 1. The normalized spacial score (nSPS) is 21.9. The van der Waals surface area contributed by atoms with Crippen LogP contribution < -0.4 is 9.64 Å². The van der Waals surface area contributed by atoms with Crippen LogP contribution in [-0.2, 0) is 4.79 Å². The fourth-order valence-electron chi connectivity index (χ4n) is 2.51. The van der Waals surface area contributed by atoms with Gasteiger partial charge in [-0.05, 0) is 19.8 Å². The maximum atomic E-state index is 11.4. The van der Waals surface area contributed by atoms with Crippen molar-refractivity contribution in [1.29, 1.82) is 0 Å². The summed E-state index contributed by atoms with van der Waals surface area (Å²) in [6.45, 7) is 2.36. The SMILES string of the molecule is COc1ccc([N+](=O)[O-])c(N2CCCC(C)(C(=O)O)C2)n1. The van der Waals surface area contributed by atoms with Gasteiger partial charge in [-0.1, -0.05) is 0 Å². The number of carboxylic acid groups (broad SMARTS) is 1. The fraction of sp³-hybridized carbons (Fsp3) is 0.538. The number of nitro groups is 1. The van der Waals surface area contributed by atoms with Gasteiger partial charge in [0, 0.05) is 25.2 Å². The highest BCUT2D eigenvalue weighted by Gasteiger charge is 2.40. The van der Waals surface area contributed by atoms with Crippen LogP contribution >= 0.6 is 0 Å². The summed E-state index contributed by atoms with van der Waals surface area (Å²) in [5.41, 5.74) is -1.08. The second-order valence-electron chi connectivity index (χ2n) is 5.34.